The number of benzene rings is 1. The van der Waals surface area contributed by atoms with E-state index < -0.39 is 0 Å². The van der Waals surface area contributed by atoms with E-state index in [0.29, 0.717) is 16.1 Å². The molecule has 0 bridgehead atoms. The van der Waals surface area contributed by atoms with Crippen LogP contribution in [0.2, 0.25) is 0 Å². The van der Waals surface area contributed by atoms with E-state index in [1.54, 1.807) is 12.1 Å². The molecule has 1 aliphatic rings. The summed E-state index contributed by atoms with van der Waals surface area (Å²) in [5.41, 5.74) is 1.43. The van der Waals surface area contributed by atoms with E-state index in [-0.39, 0.29) is 23.6 Å². The quantitative estimate of drug-likeness (QED) is 0.723. The molecule has 0 radical (unpaired) electrons. The topological polar surface area (TPSA) is 52.3 Å². The fraction of sp³-hybridized carbons (Fsp3) is 0.412. The van der Waals surface area contributed by atoms with Gasteiger partial charge >= 0.3 is 5.97 Å². The highest BCUT2D eigenvalue weighted by molar-refractivity contribution is 9.10. The Balaban J connectivity index is 1.93. The van der Waals surface area contributed by atoms with E-state index in [0.717, 1.165) is 31.4 Å². The second kappa shape index (κ2) is 6.83. The number of esters is 1. The minimum atomic E-state index is -0.308. The first-order valence-corrected chi connectivity index (χ1v) is 8.39. The van der Waals surface area contributed by atoms with Crippen LogP contribution in [-0.4, -0.2) is 18.1 Å². The molecule has 23 heavy (non-hydrogen) atoms. The molecule has 0 N–H and O–H groups in total. The maximum Gasteiger partial charge on any atom is 0.309 e. The van der Waals surface area contributed by atoms with Gasteiger partial charge in [0.2, 0.25) is 5.89 Å². The smallest absolute Gasteiger partial charge is 0.309 e. The van der Waals surface area contributed by atoms with Crippen LogP contribution in [0.15, 0.2) is 33.4 Å². The van der Waals surface area contributed by atoms with Gasteiger partial charge in [0.15, 0.2) is 4.67 Å². The summed E-state index contributed by atoms with van der Waals surface area (Å²) in [4.78, 5) is 16.6. The molecule has 2 unspecified atom stereocenters. The molecule has 0 amide bonds. The van der Waals surface area contributed by atoms with E-state index in [1.807, 2.05) is 0 Å². The molecule has 2 atom stereocenters. The van der Waals surface area contributed by atoms with Crippen molar-refractivity contribution >= 4 is 21.9 Å². The molecule has 1 heterocycles. The summed E-state index contributed by atoms with van der Waals surface area (Å²) in [5, 5.41) is 0. The van der Waals surface area contributed by atoms with Crippen molar-refractivity contribution in [2.24, 2.45) is 5.92 Å². The van der Waals surface area contributed by atoms with Crippen molar-refractivity contribution in [2.45, 2.75) is 31.6 Å². The number of oxazole rings is 1. The molecular formula is C17H17BrFNO3. The van der Waals surface area contributed by atoms with Crippen LogP contribution in [0.4, 0.5) is 4.39 Å². The Morgan fingerprint density at radius 2 is 2.00 bits per heavy atom. The number of rotatable bonds is 3. The Kier molecular flexibility index (Phi) is 4.80. The summed E-state index contributed by atoms with van der Waals surface area (Å²) < 4.78 is 24.2. The van der Waals surface area contributed by atoms with Crippen LogP contribution in [0, 0.1) is 11.7 Å². The van der Waals surface area contributed by atoms with Crippen LogP contribution in [0.25, 0.3) is 11.5 Å². The Morgan fingerprint density at radius 3 is 2.70 bits per heavy atom. The second-order valence-corrected chi connectivity index (χ2v) is 6.43. The van der Waals surface area contributed by atoms with E-state index in [9.17, 15) is 9.18 Å². The third kappa shape index (κ3) is 3.32. The molecule has 4 nitrogen and oxygen atoms in total. The molecule has 6 heteroatoms. The van der Waals surface area contributed by atoms with E-state index in [4.69, 9.17) is 9.15 Å². The maximum absolute atomic E-state index is 13.0. The molecule has 1 aliphatic carbocycles. The van der Waals surface area contributed by atoms with Gasteiger partial charge < -0.3 is 9.15 Å². The van der Waals surface area contributed by atoms with E-state index in [1.165, 1.54) is 19.2 Å². The van der Waals surface area contributed by atoms with Crippen molar-refractivity contribution in [2.75, 3.05) is 7.11 Å². The van der Waals surface area contributed by atoms with Crippen LogP contribution in [-0.2, 0) is 9.53 Å². The lowest BCUT2D eigenvalue weighted by Crippen LogP contribution is -2.27. The van der Waals surface area contributed by atoms with Crippen molar-refractivity contribution in [3.63, 3.8) is 0 Å². The van der Waals surface area contributed by atoms with Crippen LogP contribution in [0.5, 0.6) is 0 Å². The van der Waals surface area contributed by atoms with Crippen molar-refractivity contribution in [3.05, 3.63) is 40.4 Å². The largest absolute Gasteiger partial charge is 0.469 e. The zero-order valence-electron chi connectivity index (χ0n) is 12.7. The lowest BCUT2D eigenvalue weighted by Gasteiger charge is -2.28. The molecule has 1 fully saturated rings. The van der Waals surface area contributed by atoms with Gasteiger partial charge in [-0.05, 0) is 53.0 Å². The third-order valence-electron chi connectivity index (χ3n) is 4.32. The number of carbonyl (C=O) groups excluding carboxylic acids is 1. The Morgan fingerprint density at radius 1 is 1.30 bits per heavy atom. The number of carbonyl (C=O) groups is 1. The molecule has 1 aromatic carbocycles. The zero-order chi connectivity index (χ0) is 16.4. The number of halogens is 2. The highest BCUT2D eigenvalue weighted by Crippen LogP contribution is 2.42. The van der Waals surface area contributed by atoms with Crippen molar-refractivity contribution < 1.29 is 18.3 Å². The number of hydrogen-bond donors (Lipinski definition) is 0. The number of methoxy groups -OCH3 is 1. The Bertz CT molecular complexity index is 698. The second-order valence-electron chi connectivity index (χ2n) is 5.71. The average molecular weight is 382 g/mol. The van der Waals surface area contributed by atoms with Gasteiger partial charge in [0, 0.05) is 11.5 Å². The molecule has 0 aliphatic heterocycles. The van der Waals surface area contributed by atoms with Gasteiger partial charge in [0.25, 0.3) is 0 Å². The molecule has 0 spiro atoms. The summed E-state index contributed by atoms with van der Waals surface area (Å²) >= 11 is 3.41. The number of nitrogens with zero attached hydrogens (tertiary/aromatic N) is 1. The SMILES string of the molecule is COC(=O)C1CCCCC1c1nc(-c2ccc(F)cc2)oc1Br. The van der Waals surface area contributed by atoms with Gasteiger partial charge in [-0.25, -0.2) is 9.37 Å². The molecule has 2 aromatic rings. The summed E-state index contributed by atoms with van der Waals surface area (Å²) in [5.74, 6) is -0.314. The van der Waals surface area contributed by atoms with Crippen molar-refractivity contribution in [1.29, 1.82) is 0 Å². The fourth-order valence-corrected chi connectivity index (χ4v) is 3.69. The predicted octanol–water partition coefficient (Wildman–Crippen LogP) is 4.69. The minimum Gasteiger partial charge on any atom is -0.469 e. The predicted molar refractivity (Wildman–Crippen MR) is 86.3 cm³/mol. The molecular weight excluding hydrogens is 365 g/mol. The molecule has 3 rings (SSSR count). The van der Waals surface area contributed by atoms with Crippen LogP contribution < -0.4 is 0 Å². The standard InChI is InChI=1S/C17H17BrFNO3/c1-22-17(21)13-5-3-2-4-12(13)14-15(18)23-16(20-14)10-6-8-11(19)9-7-10/h6-9,12-13H,2-5H2,1H3. The first-order chi connectivity index (χ1) is 11.1. The molecule has 122 valence electrons. The molecule has 1 aromatic heterocycles. The fourth-order valence-electron chi connectivity index (χ4n) is 3.15. The van der Waals surface area contributed by atoms with E-state index >= 15 is 0 Å². The highest BCUT2D eigenvalue weighted by Gasteiger charge is 2.36. The van der Waals surface area contributed by atoms with Crippen molar-refractivity contribution in [1.82, 2.24) is 4.98 Å². The Labute approximate surface area is 142 Å². The van der Waals surface area contributed by atoms with Gasteiger partial charge in [-0.3, -0.25) is 4.79 Å². The normalized spacial score (nSPS) is 21.2. The lowest BCUT2D eigenvalue weighted by molar-refractivity contribution is -0.147. The maximum atomic E-state index is 13.0. The van der Waals surface area contributed by atoms with E-state index in [2.05, 4.69) is 20.9 Å². The summed E-state index contributed by atoms with van der Waals surface area (Å²) in [6.07, 6.45) is 3.72. The third-order valence-corrected chi connectivity index (χ3v) is 4.89. The summed E-state index contributed by atoms with van der Waals surface area (Å²) in [6, 6.07) is 5.97. The number of hydrogen-bond acceptors (Lipinski definition) is 4. The number of ether oxygens (including phenoxy) is 1. The average Bonchev–Trinajstić information content (AvgIpc) is 2.96. The van der Waals surface area contributed by atoms with Gasteiger partial charge in [-0.1, -0.05) is 12.8 Å². The van der Waals surface area contributed by atoms with Crippen LogP contribution >= 0.6 is 15.9 Å². The Hall–Kier alpha value is -1.69. The van der Waals surface area contributed by atoms with Gasteiger partial charge in [-0.2, -0.15) is 0 Å². The lowest BCUT2D eigenvalue weighted by atomic mass is 9.77. The van der Waals surface area contributed by atoms with Gasteiger partial charge in [-0.15, -0.1) is 0 Å². The van der Waals surface area contributed by atoms with Crippen molar-refractivity contribution in [3.8, 4) is 11.5 Å². The molecule has 1 saturated carbocycles. The monoisotopic (exact) mass is 381 g/mol. The summed E-state index contributed by atoms with van der Waals surface area (Å²) in [7, 11) is 1.41. The molecule has 0 saturated heterocycles. The zero-order valence-corrected chi connectivity index (χ0v) is 14.3. The first kappa shape index (κ1) is 16.2. The summed E-state index contributed by atoms with van der Waals surface area (Å²) in [6.45, 7) is 0. The highest BCUT2D eigenvalue weighted by atomic mass is 79.9. The van der Waals surface area contributed by atoms with Gasteiger partial charge in [0.05, 0.1) is 18.7 Å². The first-order valence-electron chi connectivity index (χ1n) is 7.60. The minimum absolute atomic E-state index is 0.0245. The number of aromatic nitrogens is 1. The van der Waals surface area contributed by atoms with Gasteiger partial charge in [0.1, 0.15) is 5.82 Å². The van der Waals surface area contributed by atoms with Crippen LogP contribution in [0.1, 0.15) is 37.3 Å². The van der Waals surface area contributed by atoms with Crippen LogP contribution in [0.3, 0.4) is 0 Å².